The summed E-state index contributed by atoms with van der Waals surface area (Å²) in [6, 6.07) is 0. The molecule has 1 unspecified atom stereocenters. The molecule has 0 heterocycles. The minimum absolute atomic E-state index is 0.412. The number of nitrogens with two attached hydrogens (primary N) is 2. The molecule has 6 heavy (non-hydrogen) atoms. The first-order chi connectivity index (χ1) is 2.77. The average Bonchev–Trinajstić information content (AvgIpc) is 1.35. The van der Waals surface area contributed by atoms with Crippen LogP contribution in [0.25, 0.3) is 0 Å². The van der Waals surface area contributed by atoms with Gasteiger partial charge in [-0.1, -0.05) is 0 Å². The molecule has 0 spiro atoms. The Hall–Kier alpha value is 0.137. The molecule has 0 amide bonds. The van der Waals surface area contributed by atoms with Crippen molar-refractivity contribution in [2.45, 2.75) is 12.1 Å². The maximum atomic E-state index is 5.38. The van der Waals surface area contributed by atoms with Crippen LogP contribution in [-0.4, -0.2) is 22.5 Å². The normalized spacial score (nSPS) is 15.0. The zero-order valence-electron chi connectivity index (χ0n) is 4.15. The molecule has 2 nitrogen and oxygen atoms in total. The first-order valence-corrected chi connectivity index (χ1v) is 3.38. The smallest absolute Gasteiger partial charge is 0.0238 e. The second-order valence-electron chi connectivity index (χ2n) is 1.55. The predicted octanol–water partition coefficient (Wildman–Crippen LogP) is -2.01. The highest BCUT2D eigenvalue weighted by Crippen LogP contribution is 1.72. The topological polar surface area (TPSA) is 52.0 Å². The molecule has 0 saturated carbocycles. The lowest BCUT2D eigenvalue weighted by molar-refractivity contribution is 0.788. The van der Waals surface area contributed by atoms with Crippen LogP contribution >= 0.6 is 0 Å². The fourth-order valence-electron chi connectivity index (χ4n) is 0.263. The van der Waals surface area contributed by atoms with E-state index in [1.807, 2.05) is 0 Å². The zero-order chi connectivity index (χ0) is 4.99. The molecule has 1 atom stereocenters. The van der Waals surface area contributed by atoms with Gasteiger partial charge in [-0.05, 0) is 18.6 Å². The fourth-order valence-corrected chi connectivity index (χ4v) is 0.596. The largest absolute Gasteiger partial charge is 0.331 e. The fraction of sp³-hybridized carbons (Fsp3) is 1.00. The molecular formula is C3H12N2Si. The Morgan fingerprint density at radius 3 is 2.17 bits per heavy atom. The second-order valence-corrected chi connectivity index (χ2v) is 3.04. The van der Waals surface area contributed by atoms with E-state index < -0.39 is 0 Å². The Morgan fingerprint density at radius 1 is 1.67 bits per heavy atom. The lowest BCUT2D eigenvalue weighted by Gasteiger charge is -1.96. The highest BCUT2D eigenvalue weighted by molar-refractivity contribution is 6.11. The van der Waals surface area contributed by atoms with E-state index in [1.54, 1.807) is 0 Å². The Bertz CT molecular complexity index is 30.0. The van der Waals surface area contributed by atoms with Gasteiger partial charge in [-0.2, -0.15) is 0 Å². The van der Waals surface area contributed by atoms with E-state index in [-0.39, 0.29) is 0 Å². The van der Waals surface area contributed by atoms with Crippen LogP contribution in [0.5, 0.6) is 0 Å². The van der Waals surface area contributed by atoms with Gasteiger partial charge < -0.3 is 11.5 Å². The van der Waals surface area contributed by atoms with Crippen molar-refractivity contribution in [2.75, 3.05) is 6.54 Å². The van der Waals surface area contributed by atoms with Crippen LogP contribution in [-0.2, 0) is 0 Å². The molecular weight excluding hydrogens is 92.1 g/mol. The van der Waals surface area contributed by atoms with Crippen molar-refractivity contribution < 1.29 is 0 Å². The van der Waals surface area contributed by atoms with Gasteiger partial charge in [-0.3, -0.25) is 0 Å². The van der Waals surface area contributed by atoms with Crippen molar-refractivity contribution in [1.82, 2.24) is 0 Å². The van der Waals surface area contributed by atoms with Crippen LogP contribution in [0.2, 0.25) is 0 Å². The molecule has 0 aromatic rings. The summed E-state index contributed by atoms with van der Waals surface area (Å²) < 4.78 is 0. The summed E-state index contributed by atoms with van der Waals surface area (Å²) in [5, 5.41) is 0. The maximum absolute atomic E-state index is 5.38. The van der Waals surface area contributed by atoms with Gasteiger partial charge in [0.2, 0.25) is 0 Å². The van der Waals surface area contributed by atoms with Gasteiger partial charge in [0.1, 0.15) is 0 Å². The SMILES string of the molecule is NCCC(N)[SiH3]. The van der Waals surface area contributed by atoms with Crippen molar-refractivity contribution in [1.29, 1.82) is 0 Å². The van der Waals surface area contributed by atoms with E-state index in [0.29, 0.717) is 5.67 Å². The van der Waals surface area contributed by atoms with Crippen LogP contribution in [0.4, 0.5) is 0 Å². The Kier molecular flexibility index (Phi) is 3.41. The zero-order valence-corrected chi connectivity index (χ0v) is 6.15. The molecule has 0 bridgehead atoms. The standard InChI is InChI=1S/C3H12N2Si/c4-2-1-3(5)6/h3H,1-2,4-5H2,6H3. The summed E-state index contributed by atoms with van der Waals surface area (Å²) >= 11 is 0. The first-order valence-electron chi connectivity index (χ1n) is 2.23. The van der Waals surface area contributed by atoms with Crippen molar-refractivity contribution in [3.05, 3.63) is 0 Å². The molecule has 0 aliphatic rings. The molecule has 0 fully saturated rings. The molecule has 4 N–H and O–H groups in total. The molecule has 0 saturated heterocycles. The Morgan fingerprint density at radius 2 is 2.17 bits per heavy atom. The summed E-state index contributed by atoms with van der Waals surface area (Å²) in [6.07, 6.45) is 0.992. The van der Waals surface area contributed by atoms with Gasteiger partial charge in [0.05, 0.1) is 0 Å². The third-order valence-electron chi connectivity index (χ3n) is 0.622. The predicted molar refractivity (Wildman–Crippen MR) is 31.6 cm³/mol. The molecule has 3 heteroatoms. The van der Waals surface area contributed by atoms with Crippen LogP contribution in [0.1, 0.15) is 6.42 Å². The quantitative estimate of drug-likeness (QED) is 0.398. The van der Waals surface area contributed by atoms with Gasteiger partial charge in [0.25, 0.3) is 0 Å². The summed E-state index contributed by atoms with van der Waals surface area (Å²) in [4.78, 5) is 0. The van der Waals surface area contributed by atoms with Crippen molar-refractivity contribution in [3.63, 3.8) is 0 Å². The van der Waals surface area contributed by atoms with E-state index in [2.05, 4.69) is 0 Å². The third kappa shape index (κ3) is 4.14. The Balaban J connectivity index is 2.63. The average molecular weight is 104 g/mol. The van der Waals surface area contributed by atoms with E-state index in [9.17, 15) is 0 Å². The van der Waals surface area contributed by atoms with Gasteiger partial charge >= 0.3 is 0 Å². The van der Waals surface area contributed by atoms with Crippen LogP contribution in [0.15, 0.2) is 0 Å². The summed E-state index contributed by atoms with van der Waals surface area (Å²) in [5.41, 5.74) is 11.0. The minimum Gasteiger partial charge on any atom is -0.331 e. The number of hydrogen-bond donors (Lipinski definition) is 2. The lowest BCUT2D eigenvalue weighted by atomic mass is 10.4. The molecule has 0 aromatic heterocycles. The van der Waals surface area contributed by atoms with Gasteiger partial charge in [-0.15, -0.1) is 0 Å². The summed E-state index contributed by atoms with van der Waals surface area (Å²) in [6.45, 7) is 0.741. The molecule has 0 radical (unpaired) electrons. The van der Waals surface area contributed by atoms with Gasteiger partial charge in [-0.25, -0.2) is 0 Å². The number of rotatable bonds is 2. The van der Waals surface area contributed by atoms with E-state index in [4.69, 9.17) is 11.5 Å². The molecule has 38 valence electrons. The maximum Gasteiger partial charge on any atom is 0.0238 e. The van der Waals surface area contributed by atoms with Crippen molar-refractivity contribution >= 4 is 10.2 Å². The van der Waals surface area contributed by atoms with E-state index in [0.717, 1.165) is 23.2 Å². The molecule has 0 rings (SSSR count). The van der Waals surface area contributed by atoms with Gasteiger partial charge in [0.15, 0.2) is 0 Å². The second kappa shape index (κ2) is 3.33. The van der Waals surface area contributed by atoms with Gasteiger partial charge in [0, 0.05) is 10.2 Å². The Labute approximate surface area is 41.3 Å². The van der Waals surface area contributed by atoms with E-state index in [1.165, 1.54) is 0 Å². The lowest BCUT2D eigenvalue weighted by Crippen LogP contribution is -2.23. The molecule has 0 aliphatic heterocycles. The highest BCUT2D eigenvalue weighted by atomic mass is 28.1. The summed E-state index contributed by atoms with van der Waals surface area (Å²) in [5.74, 6) is 0. The monoisotopic (exact) mass is 104 g/mol. The highest BCUT2D eigenvalue weighted by Gasteiger charge is 1.85. The van der Waals surface area contributed by atoms with Crippen molar-refractivity contribution in [3.8, 4) is 0 Å². The van der Waals surface area contributed by atoms with Crippen molar-refractivity contribution in [2.24, 2.45) is 11.5 Å². The number of hydrogen-bond acceptors (Lipinski definition) is 2. The minimum atomic E-state index is 0.412. The molecule has 0 aromatic carbocycles. The van der Waals surface area contributed by atoms with E-state index >= 15 is 0 Å². The van der Waals surface area contributed by atoms with Crippen LogP contribution in [0.3, 0.4) is 0 Å². The molecule has 0 aliphatic carbocycles. The summed E-state index contributed by atoms with van der Waals surface area (Å²) in [7, 11) is 1.08. The third-order valence-corrected chi connectivity index (χ3v) is 1.20. The van der Waals surface area contributed by atoms with Crippen LogP contribution < -0.4 is 11.5 Å². The van der Waals surface area contributed by atoms with Crippen LogP contribution in [0, 0.1) is 0 Å². The first kappa shape index (κ1) is 6.14.